The summed E-state index contributed by atoms with van der Waals surface area (Å²) in [6.45, 7) is 3.22. The van der Waals surface area contributed by atoms with E-state index in [1.807, 2.05) is 12.3 Å². The Morgan fingerprint density at radius 3 is 2.90 bits per heavy atom. The molecule has 0 saturated heterocycles. The van der Waals surface area contributed by atoms with Gasteiger partial charge in [0.05, 0.1) is 11.7 Å². The number of nitrogens with two attached hydrogens (primary N) is 1. The molecule has 0 fully saturated rings. The molecule has 0 saturated carbocycles. The predicted octanol–water partition coefficient (Wildman–Crippen LogP) is 4.71. The maximum absolute atomic E-state index is 5.70. The van der Waals surface area contributed by atoms with Gasteiger partial charge in [-0.25, -0.2) is 4.98 Å². The zero-order valence-electron chi connectivity index (χ0n) is 16.1. The van der Waals surface area contributed by atoms with Crippen molar-refractivity contribution in [2.24, 2.45) is 0 Å². The number of fused-ring (bicyclic) bond motifs is 2. The molecule has 29 heavy (non-hydrogen) atoms. The van der Waals surface area contributed by atoms with Crippen LogP contribution in [0, 0.1) is 0 Å². The molecule has 3 heterocycles. The van der Waals surface area contributed by atoms with E-state index in [0.29, 0.717) is 5.82 Å². The predicted molar refractivity (Wildman–Crippen MR) is 117 cm³/mol. The van der Waals surface area contributed by atoms with E-state index in [1.54, 1.807) is 12.3 Å². The minimum atomic E-state index is 0.238. The Morgan fingerprint density at radius 1 is 1.10 bits per heavy atom. The van der Waals surface area contributed by atoms with E-state index in [9.17, 15) is 0 Å². The molecule has 7 heteroatoms. The molecular weight excluding hydrogens is 362 g/mol. The average Bonchev–Trinajstić information content (AvgIpc) is 3.34. The molecular formula is C22H21N7. The zero-order valence-corrected chi connectivity index (χ0v) is 16.1. The largest absolute Gasteiger partial charge is 0.368 e. The number of rotatable bonds is 5. The first kappa shape index (κ1) is 17.2. The van der Waals surface area contributed by atoms with Crippen LogP contribution in [0.25, 0.3) is 32.9 Å². The number of H-pyrrole nitrogens is 1. The molecule has 0 radical (unpaired) electrons. The van der Waals surface area contributed by atoms with Gasteiger partial charge >= 0.3 is 0 Å². The third kappa shape index (κ3) is 3.16. The van der Waals surface area contributed by atoms with Crippen molar-refractivity contribution in [1.29, 1.82) is 0 Å². The summed E-state index contributed by atoms with van der Waals surface area (Å²) < 4.78 is 2.29. The smallest absolute Gasteiger partial charge is 0.221 e. The minimum absolute atomic E-state index is 0.238. The Kier molecular flexibility index (Phi) is 4.13. The van der Waals surface area contributed by atoms with Gasteiger partial charge in [-0.2, -0.15) is 10.1 Å². The van der Waals surface area contributed by atoms with Crippen molar-refractivity contribution < 1.29 is 0 Å². The van der Waals surface area contributed by atoms with E-state index in [4.69, 9.17) is 5.73 Å². The summed E-state index contributed by atoms with van der Waals surface area (Å²) in [6, 6.07) is 14.7. The molecule has 5 rings (SSSR count). The number of nitrogen functional groups attached to an aromatic ring is 1. The molecule has 7 nitrogen and oxygen atoms in total. The molecule has 0 atom stereocenters. The number of nitrogens with one attached hydrogen (secondary N) is 2. The lowest BCUT2D eigenvalue weighted by atomic mass is 10.0. The van der Waals surface area contributed by atoms with Crippen molar-refractivity contribution in [1.82, 2.24) is 24.7 Å². The second-order valence-corrected chi connectivity index (χ2v) is 7.07. The molecule has 2 aromatic carbocycles. The van der Waals surface area contributed by atoms with E-state index >= 15 is 0 Å². The van der Waals surface area contributed by atoms with Crippen molar-refractivity contribution >= 4 is 39.3 Å². The van der Waals surface area contributed by atoms with E-state index < -0.39 is 0 Å². The number of hydrogen-bond donors (Lipinski definition) is 3. The maximum Gasteiger partial charge on any atom is 0.221 e. The van der Waals surface area contributed by atoms with Crippen molar-refractivity contribution in [3.63, 3.8) is 0 Å². The normalized spacial score (nSPS) is 11.3. The van der Waals surface area contributed by atoms with Crippen LogP contribution < -0.4 is 11.1 Å². The van der Waals surface area contributed by atoms with Gasteiger partial charge in [0.1, 0.15) is 5.82 Å². The molecule has 4 N–H and O–H groups in total. The number of benzene rings is 2. The van der Waals surface area contributed by atoms with Crippen molar-refractivity contribution in [2.75, 3.05) is 11.1 Å². The Morgan fingerprint density at radius 2 is 2.03 bits per heavy atom. The standard InChI is InChI=1S/C22H21N7/c1-2-8-29-9-6-15-10-14(3-4-19(15)29)18-12-17(11-16-13-25-28-21(16)18)26-20-5-7-24-22(23)27-20/h3-7,9-13H,2,8H2,1H3,(H,25,28)(H3,23,24,26,27). The van der Waals surface area contributed by atoms with Gasteiger partial charge in [0.25, 0.3) is 0 Å². The average molecular weight is 383 g/mol. The zero-order chi connectivity index (χ0) is 19.8. The molecule has 0 aliphatic rings. The highest BCUT2D eigenvalue weighted by Gasteiger charge is 2.11. The Hall–Kier alpha value is -3.87. The summed E-state index contributed by atoms with van der Waals surface area (Å²) in [5.74, 6) is 0.889. The molecule has 0 bridgehead atoms. The number of anilines is 3. The summed E-state index contributed by atoms with van der Waals surface area (Å²) in [7, 11) is 0. The first-order valence-electron chi connectivity index (χ1n) is 9.63. The van der Waals surface area contributed by atoms with Gasteiger partial charge in [-0.15, -0.1) is 0 Å². The fraction of sp³-hybridized carbons (Fsp3) is 0.136. The highest BCUT2D eigenvalue weighted by atomic mass is 15.1. The van der Waals surface area contributed by atoms with Crippen LogP contribution in [0.3, 0.4) is 0 Å². The molecule has 0 aliphatic carbocycles. The van der Waals surface area contributed by atoms with Crippen LogP contribution in [0.1, 0.15) is 13.3 Å². The Labute approximate surface area is 167 Å². The molecule has 0 unspecified atom stereocenters. The van der Waals surface area contributed by atoms with Crippen LogP contribution in [0.5, 0.6) is 0 Å². The number of nitrogens with zero attached hydrogens (tertiary/aromatic N) is 4. The van der Waals surface area contributed by atoms with Crippen molar-refractivity contribution in [2.45, 2.75) is 19.9 Å². The lowest BCUT2D eigenvalue weighted by molar-refractivity contribution is 0.703. The first-order valence-corrected chi connectivity index (χ1v) is 9.63. The third-order valence-electron chi connectivity index (χ3n) is 5.04. The second kappa shape index (κ2) is 6.94. The van der Waals surface area contributed by atoms with Crippen LogP contribution >= 0.6 is 0 Å². The summed E-state index contributed by atoms with van der Waals surface area (Å²) >= 11 is 0. The van der Waals surface area contributed by atoms with Gasteiger partial charge < -0.3 is 15.6 Å². The molecule has 5 aromatic rings. The van der Waals surface area contributed by atoms with Crippen LogP contribution in [0.15, 0.2) is 61.1 Å². The summed E-state index contributed by atoms with van der Waals surface area (Å²) in [5.41, 5.74) is 11.1. The molecule has 144 valence electrons. The van der Waals surface area contributed by atoms with Gasteiger partial charge in [0, 0.05) is 46.5 Å². The number of aryl methyl sites for hydroxylation is 1. The summed E-state index contributed by atoms with van der Waals surface area (Å²) in [5, 5.41) is 12.9. The summed E-state index contributed by atoms with van der Waals surface area (Å²) in [6.07, 6.45) is 6.73. The SMILES string of the molecule is CCCn1ccc2cc(-c3cc(Nc4ccnc(N)n4)cc4cn[nH]c34)ccc21. The number of aromatic nitrogens is 5. The fourth-order valence-electron chi connectivity index (χ4n) is 3.75. The van der Waals surface area contributed by atoms with E-state index in [1.165, 1.54) is 10.9 Å². The topological polar surface area (TPSA) is 97.4 Å². The third-order valence-corrected chi connectivity index (χ3v) is 5.04. The van der Waals surface area contributed by atoms with Crippen LogP contribution in [0.4, 0.5) is 17.5 Å². The quantitative estimate of drug-likeness (QED) is 0.408. The fourth-order valence-corrected chi connectivity index (χ4v) is 3.75. The van der Waals surface area contributed by atoms with E-state index in [0.717, 1.165) is 40.7 Å². The highest BCUT2D eigenvalue weighted by Crippen LogP contribution is 2.33. The molecule has 0 aliphatic heterocycles. The van der Waals surface area contributed by atoms with E-state index in [2.05, 4.69) is 73.5 Å². The molecule has 0 amide bonds. The Balaban J connectivity index is 1.60. The van der Waals surface area contributed by atoms with Gasteiger partial charge in [0.2, 0.25) is 5.95 Å². The van der Waals surface area contributed by atoms with Gasteiger partial charge in [0.15, 0.2) is 0 Å². The Bertz CT molecular complexity index is 1320. The van der Waals surface area contributed by atoms with Crippen LogP contribution in [-0.2, 0) is 6.54 Å². The maximum atomic E-state index is 5.70. The monoisotopic (exact) mass is 383 g/mol. The molecule has 0 spiro atoms. The lowest BCUT2D eigenvalue weighted by Gasteiger charge is -2.11. The number of aromatic amines is 1. The van der Waals surface area contributed by atoms with Crippen LogP contribution in [-0.4, -0.2) is 24.7 Å². The van der Waals surface area contributed by atoms with Gasteiger partial charge in [-0.3, -0.25) is 5.10 Å². The molecule has 3 aromatic heterocycles. The summed E-state index contributed by atoms with van der Waals surface area (Å²) in [4.78, 5) is 8.17. The number of hydrogen-bond acceptors (Lipinski definition) is 5. The van der Waals surface area contributed by atoms with E-state index in [-0.39, 0.29) is 5.95 Å². The second-order valence-electron chi connectivity index (χ2n) is 7.07. The van der Waals surface area contributed by atoms with Crippen LogP contribution in [0.2, 0.25) is 0 Å². The minimum Gasteiger partial charge on any atom is -0.368 e. The first-order chi connectivity index (χ1) is 14.2. The van der Waals surface area contributed by atoms with Crippen molar-refractivity contribution in [3.8, 4) is 11.1 Å². The van der Waals surface area contributed by atoms with Crippen molar-refractivity contribution in [3.05, 3.63) is 61.1 Å². The van der Waals surface area contributed by atoms with Gasteiger partial charge in [-0.1, -0.05) is 13.0 Å². The highest BCUT2D eigenvalue weighted by molar-refractivity contribution is 5.98. The lowest BCUT2D eigenvalue weighted by Crippen LogP contribution is -1.99. The van der Waals surface area contributed by atoms with Gasteiger partial charge in [-0.05, 0) is 48.4 Å².